The van der Waals surface area contributed by atoms with Crippen molar-refractivity contribution < 1.29 is 18.7 Å². The maximum atomic E-state index is 14.4. The van der Waals surface area contributed by atoms with E-state index >= 15 is 0 Å². The number of piperidine rings is 1. The Kier molecular flexibility index (Phi) is 7.46. The van der Waals surface area contributed by atoms with Crippen molar-refractivity contribution in [2.24, 2.45) is 5.73 Å². The number of nitrogens with one attached hydrogen (secondary N) is 1. The van der Waals surface area contributed by atoms with Gasteiger partial charge in [0.25, 0.3) is 0 Å². The first-order chi connectivity index (χ1) is 14.5. The van der Waals surface area contributed by atoms with E-state index in [-0.39, 0.29) is 11.5 Å². The van der Waals surface area contributed by atoms with Crippen molar-refractivity contribution >= 4 is 11.7 Å². The molecule has 30 heavy (non-hydrogen) atoms. The van der Waals surface area contributed by atoms with Gasteiger partial charge in [-0.15, -0.1) is 0 Å². The molecule has 8 heteroatoms. The van der Waals surface area contributed by atoms with Gasteiger partial charge in [0, 0.05) is 31.9 Å². The molecule has 1 aliphatic heterocycles. The molecule has 7 nitrogen and oxygen atoms in total. The lowest BCUT2D eigenvalue weighted by Crippen LogP contribution is -2.38. The van der Waals surface area contributed by atoms with Gasteiger partial charge in [0.05, 0.1) is 18.8 Å². The summed E-state index contributed by atoms with van der Waals surface area (Å²) in [5, 5.41) is 3.41. The van der Waals surface area contributed by atoms with Crippen LogP contribution in [0.25, 0.3) is 0 Å². The number of halogens is 1. The number of primary amides is 1. The van der Waals surface area contributed by atoms with Crippen molar-refractivity contribution in [1.82, 2.24) is 9.88 Å². The molecule has 3 N–H and O–H groups in total. The van der Waals surface area contributed by atoms with Crippen LogP contribution in [-0.2, 0) is 6.54 Å². The highest BCUT2D eigenvalue weighted by Crippen LogP contribution is 2.30. The van der Waals surface area contributed by atoms with Crippen LogP contribution in [0.15, 0.2) is 30.5 Å². The minimum Gasteiger partial charge on any atom is -0.491 e. The number of rotatable bonds is 9. The van der Waals surface area contributed by atoms with Crippen LogP contribution in [0.2, 0.25) is 0 Å². The van der Waals surface area contributed by atoms with Gasteiger partial charge >= 0.3 is 0 Å². The zero-order valence-electron chi connectivity index (χ0n) is 17.5. The predicted molar refractivity (Wildman–Crippen MR) is 113 cm³/mol. The molecule has 0 atom stereocenters. The van der Waals surface area contributed by atoms with Crippen molar-refractivity contribution in [2.45, 2.75) is 39.3 Å². The summed E-state index contributed by atoms with van der Waals surface area (Å²) in [6.07, 6.45) is 3.40. The third kappa shape index (κ3) is 5.60. The minimum absolute atomic E-state index is 0.237. The quantitative estimate of drug-likeness (QED) is 0.653. The number of nitrogens with two attached hydrogens (primary N) is 1. The molecular formula is C22H29FN4O3. The van der Waals surface area contributed by atoms with Crippen LogP contribution in [0.5, 0.6) is 11.5 Å². The first kappa shape index (κ1) is 21.8. The maximum absolute atomic E-state index is 14.4. The molecule has 0 bridgehead atoms. The van der Waals surface area contributed by atoms with Gasteiger partial charge < -0.3 is 20.5 Å². The number of likely N-dealkylation sites (tertiary alicyclic amines) is 1. The molecule has 1 aromatic heterocycles. The van der Waals surface area contributed by atoms with E-state index in [4.69, 9.17) is 15.2 Å². The van der Waals surface area contributed by atoms with E-state index in [1.54, 1.807) is 24.3 Å². The van der Waals surface area contributed by atoms with Crippen molar-refractivity contribution in [3.8, 4) is 11.5 Å². The van der Waals surface area contributed by atoms with E-state index in [1.807, 2.05) is 13.8 Å². The van der Waals surface area contributed by atoms with Gasteiger partial charge in [0.2, 0.25) is 11.7 Å². The second-order valence-electron chi connectivity index (χ2n) is 7.26. The number of carbonyl (C=O) groups is 1. The standard InChI is InChI=1S/C22H29FN4O3/c1-3-29-18-11-15(12-19(21(18)23)30-4-2)14-27-9-7-17(8-10-27)26-20-6-5-16(13-25-20)22(24)28/h5-6,11-13,17H,3-4,7-10,14H2,1-2H3,(H2,24,28)(H,25,26). The number of hydrogen-bond acceptors (Lipinski definition) is 6. The first-order valence-electron chi connectivity index (χ1n) is 10.3. The summed E-state index contributed by atoms with van der Waals surface area (Å²) in [5.41, 5.74) is 6.61. The summed E-state index contributed by atoms with van der Waals surface area (Å²) in [7, 11) is 0. The Labute approximate surface area is 176 Å². The van der Waals surface area contributed by atoms with Gasteiger partial charge in [-0.3, -0.25) is 9.69 Å². The summed E-state index contributed by atoms with van der Waals surface area (Å²) in [5.74, 6) is 0.281. The molecule has 1 saturated heterocycles. The lowest BCUT2D eigenvalue weighted by atomic mass is 10.0. The summed E-state index contributed by atoms with van der Waals surface area (Å²) in [6.45, 7) is 6.99. The number of hydrogen-bond donors (Lipinski definition) is 2. The lowest BCUT2D eigenvalue weighted by Gasteiger charge is -2.32. The Morgan fingerprint density at radius 2 is 1.83 bits per heavy atom. The second kappa shape index (κ2) is 10.2. The Bertz CT molecular complexity index is 825. The third-order valence-electron chi connectivity index (χ3n) is 5.06. The molecule has 1 aliphatic rings. The van der Waals surface area contributed by atoms with Crippen molar-refractivity contribution in [3.63, 3.8) is 0 Å². The lowest BCUT2D eigenvalue weighted by molar-refractivity contribution is 0.1000. The number of aromatic nitrogens is 1. The van der Waals surface area contributed by atoms with Crippen LogP contribution in [0, 0.1) is 5.82 Å². The van der Waals surface area contributed by atoms with Crippen LogP contribution in [0.4, 0.5) is 10.2 Å². The molecule has 0 unspecified atom stereocenters. The molecule has 2 aromatic rings. The van der Waals surface area contributed by atoms with E-state index in [9.17, 15) is 9.18 Å². The number of nitrogens with zero attached hydrogens (tertiary/aromatic N) is 2. The van der Waals surface area contributed by atoms with Gasteiger partial charge in [-0.25, -0.2) is 4.98 Å². The molecule has 0 saturated carbocycles. The van der Waals surface area contributed by atoms with Crippen LogP contribution in [0.1, 0.15) is 42.6 Å². The molecular weight excluding hydrogens is 387 g/mol. The molecule has 0 spiro atoms. The molecule has 3 rings (SSSR count). The Morgan fingerprint density at radius 3 is 2.33 bits per heavy atom. The maximum Gasteiger partial charge on any atom is 0.250 e. The zero-order valence-corrected chi connectivity index (χ0v) is 17.5. The van der Waals surface area contributed by atoms with E-state index in [0.29, 0.717) is 31.4 Å². The van der Waals surface area contributed by atoms with Crippen molar-refractivity contribution in [1.29, 1.82) is 0 Å². The normalized spacial score (nSPS) is 15.0. The molecule has 1 fully saturated rings. The van der Waals surface area contributed by atoms with Crippen molar-refractivity contribution in [3.05, 3.63) is 47.4 Å². The first-order valence-corrected chi connectivity index (χ1v) is 10.3. The fourth-order valence-corrected chi connectivity index (χ4v) is 3.57. The van der Waals surface area contributed by atoms with E-state index in [2.05, 4.69) is 15.2 Å². The highest BCUT2D eigenvalue weighted by Gasteiger charge is 2.21. The summed E-state index contributed by atoms with van der Waals surface area (Å²) < 4.78 is 25.3. The SMILES string of the molecule is CCOc1cc(CN2CCC(Nc3ccc(C(N)=O)cn3)CC2)cc(OCC)c1F. The molecule has 0 aliphatic carbocycles. The Morgan fingerprint density at radius 1 is 1.20 bits per heavy atom. The third-order valence-corrected chi connectivity index (χ3v) is 5.06. The molecule has 1 amide bonds. The molecule has 1 aromatic carbocycles. The second-order valence-corrected chi connectivity index (χ2v) is 7.26. The van der Waals surface area contributed by atoms with Crippen LogP contribution in [-0.4, -0.2) is 48.1 Å². The number of carbonyl (C=O) groups excluding carboxylic acids is 1. The van der Waals surface area contributed by atoms with Crippen LogP contribution < -0.4 is 20.5 Å². The van der Waals surface area contributed by atoms with Gasteiger partial charge in [0.1, 0.15) is 5.82 Å². The smallest absolute Gasteiger partial charge is 0.250 e. The van der Waals surface area contributed by atoms with Gasteiger partial charge in [-0.05, 0) is 56.5 Å². The van der Waals surface area contributed by atoms with Crippen molar-refractivity contribution in [2.75, 3.05) is 31.6 Å². The number of anilines is 1. The largest absolute Gasteiger partial charge is 0.491 e. The zero-order chi connectivity index (χ0) is 21.5. The highest BCUT2D eigenvalue weighted by molar-refractivity contribution is 5.92. The predicted octanol–water partition coefficient (Wildman–Crippen LogP) is 3.19. The van der Waals surface area contributed by atoms with E-state index < -0.39 is 11.7 Å². The average molecular weight is 416 g/mol. The van der Waals surface area contributed by atoms with E-state index in [1.165, 1.54) is 6.20 Å². The number of amides is 1. The van der Waals surface area contributed by atoms with Gasteiger partial charge in [-0.2, -0.15) is 4.39 Å². The number of pyridine rings is 1. The number of ether oxygens (including phenoxy) is 2. The fourth-order valence-electron chi connectivity index (χ4n) is 3.57. The number of benzene rings is 1. The fraction of sp³-hybridized carbons (Fsp3) is 0.455. The van der Waals surface area contributed by atoms with Gasteiger partial charge in [0.15, 0.2) is 11.5 Å². The summed E-state index contributed by atoms with van der Waals surface area (Å²) >= 11 is 0. The van der Waals surface area contributed by atoms with Gasteiger partial charge in [-0.1, -0.05) is 0 Å². The summed E-state index contributed by atoms with van der Waals surface area (Å²) in [6, 6.07) is 7.27. The molecule has 162 valence electrons. The minimum atomic E-state index is -0.483. The van der Waals surface area contributed by atoms with E-state index in [0.717, 1.165) is 37.3 Å². The topological polar surface area (TPSA) is 89.7 Å². The molecule has 2 heterocycles. The monoisotopic (exact) mass is 416 g/mol. The summed E-state index contributed by atoms with van der Waals surface area (Å²) in [4.78, 5) is 17.7. The molecule has 0 radical (unpaired) electrons. The average Bonchev–Trinajstić information content (AvgIpc) is 2.73. The Balaban J connectivity index is 1.57. The highest BCUT2D eigenvalue weighted by atomic mass is 19.1. The van der Waals surface area contributed by atoms with Crippen LogP contribution in [0.3, 0.4) is 0 Å². The van der Waals surface area contributed by atoms with Crippen LogP contribution >= 0.6 is 0 Å². The Hall–Kier alpha value is -2.87.